The molecule has 0 aromatic heterocycles. The number of oxime groups is 1. The maximum Gasteiger partial charge on any atom is 0.141 e. The standard InChI is InChI=1S/C6H12N2O/c1-2-8-9-6-3-4-7-5-6/h2,6-7H,3-5H2,1H3/b8-2+/t6-/m0/s1. The Hall–Kier alpha value is -0.570. The first kappa shape index (κ1) is 6.55. The van der Waals surface area contributed by atoms with Crippen molar-refractivity contribution in [2.75, 3.05) is 13.1 Å². The summed E-state index contributed by atoms with van der Waals surface area (Å²) in [6.07, 6.45) is 3.05. The molecule has 1 saturated heterocycles. The number of nitrogens with zero attached hydrogens (tertiary/aromatic N) is 1. The van der Waals surface area contributed by atoms with E-state index >= 15 is 0 Å². The van der Waals surface area contributed by atoms with Crippen LogP contribution in [0.4, 0.5) is 0 Å². The monoisotopic (exact) mass is 128 g/mol. The van der Waals surface area contributed by atoms with Gasteiger partial charge in [-0.05, 0) is 13.5 Å². The molecule has 0 radical (unpaired) electrons. The van der Waals surface area contributed by atoms with Crippen LogP contribution in [0, 0.1) is 0 Å². The van der Waals surface area contributed by atoms with Gasteiger partial charge in [0.2, 0.25) is 0 Å². The molecule has 0 aromatic carbocycles. The lowest BCUT2D eigenvalue weighted by molar-refractivity contribution is 0.0746. The highest BCUT2D eigenvalue weighted by Gasteiger charge is 2.14. The molecular weight excluding hydrogens is 116 g/mol. The molecule has 1 atom stereocenters. The van der Waals surface area contributed by atoms with E-state index in [1.165, 1.54) is 0 Å². The SMILES string of the molecule is C/C=N/O[C@H]1CCNC1. The number of hydrogen-bond acceptors (Lipinski definition) is 3. The Balaban J connectivity index is 2.11. The Morgan fingerprint density at radius 3 is 3.22 bits per heavy atom. The zero-order chi connectivity index (χ0) is 6.53. The van der Waals surface area contributed by atoms with Crippen LogP contribution in [0.25, 0.3) is 0 Å². The van der Waals surface area contributed by atoms with Gasteiger partial charge >= 0.3 is 0 Å². The molecule has 0 bridgehead atoms. The molecule has 1 N–H and O–H groups in total. The van der Waals surface area contributed by atoms with Crippen molar-refractivity contribution in [1.82, 2.24) is 5.32 Å². The van der Waals surface area contributed by atoms with Gasteiger partial charge < -0.3 is 10.2 Å². The van der Waals surface area contributed by atoms with Gasteiger partial charge in [-0.25, -0.2) is 0 Å². The molecule has 52 valence electrons. The van der Waals surface area contributed by atoms with E-state index in [0.717, 1.165) is 19.5 Å². The second kappa shape index (κ2) is 3.45. The van der Waals surface area contributed by atoms with Crippen LogP contribution < -0.4 is 5.32 Å². The number of nitrogens with one attached hydrogen (secondary N) is 1. The summed E-state index contributed by atoms with van der Waals surface area (Å²) >= 11 is 0. The molecule has 0 saturated carbocycles. The van der Waals surface area contributed by atoms with E-state index in [-0.39, 0.29) is 0 Å². The zero-order valence-corrected chi connectivity index (χ0v) is 5.63. The number of hydrogen-bond donors (Lipinski definition) is 1. The van der Waals surface area contributed by atoms with E-state index in [9.17, 15) is 0 Å². The molecule has 1 heterocycles. The average Bonchev–Trinajstić information content (AvgIpc) is 2.34. The van der Waals surface area contributed by atoms with Crippen molar-refractivity contribution in [3.63, 3.8) is 0 Å². The van der Waals surface area contributed by atoms with Crippen LogP contribution in [0.5, 0.6) is 0 Å². The number of rotatable bonds is 2. The largest absolute Gasteiger partial charge is 0.391 e. The van der Waals surface area contributed by atoms with Crippen LogP contribution in [0.2, 0.25) is 0 Å². The molecule has 9 heavy (non-hydrogen) atoms. The molecule has 1 aliphatic rings. The topological polar surface area (TPSA) is 33.6 Å². The lowest BCUT2D eigenvalue weighted by atomic mass is 10.3. The van der Waals surface area contributed by atoms with Crippen LogP contribution in [0.3, 0.4) is 0 Å². The van der Waals surface area contributed by atoms with Crippen LogP contribution in [-0.2, 0) is 4.84 Å². The van der Waals surface area contributed by atoms with Gasteiger partial charge in [0, 0.05) is 19.2 Å². The van der Waals surface area contributed by atoms with Gasteiger partial charge in [0.25, 0.3) is 0 Å². The summed E-state index contributed by atoms with van der Waals surface area (Å²) < 4.78 is 0. The highest BCUT2D eigenvalue weighted by atomic mass is 16.6. The van der Waals surface area contributed by atoms with E-state index in [4.69, 9.17) is 4.84 Å². The first-order chi connectivity index (χ1) is 4.43. The molecule has 0 unspecified atom stereocenters. The summed E-state index contributed by atoms with van der Waals surface area (Å²) in [5.41, 5.74) is 0. The van der Waals surface area contributed by atoms with Crippen molar-refractivity contribution >= 4 is 6.21 Å². The molecule has 1 rings (SSSR count). The second-order valence-corrected chi connectivity index (χ2v) is 2.08. The van der Waals surface area contributed by atoms with Crippen molar-refractivity contribution in [3.05, 3.63) is 0 Å². The third kappa shape index (κ3) is 2.01. The fraction of sp³-hybridized carbons (Fsp3) is 0.833. The summed E-state index contributed by atoms with van der Waals surface area (Å²) in [5.74, 6) is 0. The lowest BCUT2D eigenvalue weighted by Crippen LogP contribution is -2.14. The summed E-state index contributed by atoms with van der Waals surface area (Å²) in [6.45, 7) is 3.85. The van der Waals surface area contributed by atoms with Crippen molar-refractivity contribution < 1.29 is 4.84 Å². The van der Waals surface area contributed by atoms with Crippen LogP contribution in [0.1, 0.15) is 13.3 Å². The minimum absolute atomic E-state index is 0.307. The zero-order valence-electron chi connectivity index (χ0n) is 5.63. The molecule has 1 aliphatic heterocycles. The third-order valence-corrected chi connectivity index (χ3v) is 1.33. The smallest absolute Gasteiger partial charge is 0.141 e. The normalized spacial score (nSPS) is 27.4. The fourth-order valence-electron chi connectivity index (χ4n) is 0.865. The lowest BCUT2D eigenvalue weighted by Gasteiger charge is -2.03. The van der Waals surface area contributed by atoms with Gasteiger partial charge in [-0.15, -0.1) is 0 Å². The summed E-state index contributed by atoms with van der Waals surface area (Å²) in [7, 11) is 0. The van der Waals surface area contributed by atoms with Crippen LogP contribution >= 0.6 is 0 Å². The van der Waals surface area contributed by atoms with E-state index < -0.39 is 0 Å². The molecule has 0 aromatic rings. The van der Waals surface area contributed by atoms with Gasteiger partial charge in [0.15, 0.2) is 0 Å². The average molecular weight is 128 g/mol. The highest BCUT2D eigenvalue weighted by Crippen LogP contribution is 2.01. The quantitative estimate of drug-likeness (QED) is 0.430. The fourth-order valence-corrected chi connectivity index (χ4v) is 0.865. The Labute approximate surface area is 55.1 Å². The molecule has 3 nitrogen and oxygen atoms in total. The maximum absolute atomic E-state index is 5.06. The molecular formula is C6H12N2O. The van der Waals surface area contributed by atoms with Crippen LogP contribution in [0.15, 0.2) is 5.16 Å². The highest BCUT2D eigenvalue weighted by molar-refractivity contribution is 5.52. The third-order valence-electron chi connectivity index (χ3n) is 1.33. The Morgan fingerprint density at radius 2 is 2.67 bits per heavy atom. The van der Waals surface area contributed by atoms with E-state index in [1.807, 2.05) is 6.92 Å². The van der Waals surface area contributed by atoms with E-state index in [2.05, 4.69) is 10.5 Å². The van der Waals surface area contributed by atoms with E-state index in [1.54, 1.807) is 6.21 Å². The molecule has 0 spiro atoms. The summed E-state index contributed by atoms with van der Waals surface area (Å²) in [6, 6.07) is 0. The Morgan fingerprint density at radius 1 is 1.78 bits per heavy atom. The minimum Gasteiger partial charge on any atom is -0.391 e. The van der Waals surface area contributed by atoms with Crippen molar-refractivity contribution in [2.45, 2.75) is 19.4 Å². The van der Waals surface area contributed by atoms with Gasteiger partial charge in [-0.1, -0.05) is 5.16 Å². The van der Waals surface area contributed by atoms with E-state index in [0.29, 0.717) is 6.10 Å². The predicted molar refractivity (Wildman–Crippen MR) is 36.5 cm³/mol. The predicted octanol–water partition coefficient (Wildman–Crippen LogP) is 0.371. The second-order valence-electron chi connectivity index (χ2n) is 2.08. The maximum atomic E-state index is 5.06. The van der Waals surface area contributed by atoms with Crippen LogP contribution in [-0.4, -0.2) is 25.4 Å². The summed E-state index contributed by atoms with van der Waals surface area (Å²) in [4.78, 5) is 5.06. The molecule has 0 aliphatic carbocycles. The van der Waals surface area contributed by atoms with Gasteiger partial charge in [0.1, 0.15) is 6.10 Å². The summed E-state index contributed by atoms with van der Waals surface area (Å²) in [5, 5.41) is 6.87. The van der Waals surface area contributed by atoms with Gasteiger partial charge in [-0.3, -0.25) is 0 Å². The van der Waals surface area contributed by atoms with Crippen molar-refractivity contribution in [1.29, 1.82) is 0 Å². The first-order valence-electron chi connectivity index (χ1n) is 3.28. The van der Waals surface area contributed by atoms with Crippen molar-refractivity contribution in [2.24, 2.45) is 5.16 Å². The first-order valence-corrected chi connectivity index (χ1v) is 3.28. The Kier molecular flexibility index (Phi) is 2.51. The molecule has 0 amide bonds. The minimum atomic E-state index is 0.307. The van der Waals surface area contributed by atoms with Crippen molar-refractivity contribution in [3.8, 4) is 0 Å². The molecule has 1 fully saturated rings. The van der Waals surface area contributed by atoms with Gasteiger partial charge in [0.05, 0.1) is 0 Å². The Bertz CT molecular complexity index is 97.2. The molecule has 3 heteroatoms. The van der Waals surface area contributed by atoms with Gasteiger partial charge in [-0.2, -0.15) is 0 Å².